The van der Waals surface area contributed by atoms with Gasteiger partial charge >= 0.3 is 0 Å². The summed E-state index contributed by atoms with van der Waals surface area (Å²) < 4.78 is 0. The summed E-state index contributed by atoms with van der Waals surface area (Å²) in [4.78, 5) is 10.5. The van der Waals surface area contributed by atoms with E-state index < -0.39 is 0 Å². The van der Waals surface area contributed by atoms with Gasteiger partial charge in [0.25, 0.3) is 0 Å². The third kappa shape index (κ3) is 4.58. The largest absolute Gasteiger partial charge is 0.347 e. The Bertz CT molecular complexity index is 261. The van der Waals surface area contributed by atoms with Gasteiger partial charge in [0.2, 0.25) is 5.91 Å². The van der Waals surface area contributed by atoms with Crippen LogP contribution in [0.3, 0.4) is 0 Å². The van der Waals surface area contributed by atoms with Crippen LogP contribution in [0.4, 0.5) is 0 Å². The lowest BCUT2D eigenvalue weighted by Crippen LogP contribution is -2.18. The topological polar surface area (TPSA) is 29.1 Å². The van der Waals surface area contributed by atoms with Crippen LogP contribution >= 0.6 is 11.8 Å². The zero-order valence-corrected chi connectivity index (χ0v) is 8.43. The van der Waals surface area contributed by atoms with Gasteiger partial charge in [-0.15, -0.1) is 11.8 Å². The number of benzene rings is 1. The summed E-state index contributed by atoms with van der Waals surface area (Å²) in [6, 6.07) is 10.2. The molecule has 1 amide bonds. The summed E-state index contributed by atoms with van der Waals surface area (Å²) in [6.07, 6.45) is 0. The molecule has 3 heteroatoms. The molecule has 0 aliphatic rings. The van der Waals surface area contributed by atoms with Crippen molar-refractivity contribution in [2.45, 2.75) is 12.7 Å². The minimum Gasteiger partial charge on any atom is -0.347 e. The first-order chi connectivity index (χ1) is 6.29. The van der Waals surface area contributed by atoms with Gasteiger partial charge in [-0.2, -0.15) is 0 Å². The molecule has 1 aromatic rings. The molecule has 0 fully saturated rings. The Labute approximate surface area is 82.7 Å². The average molecular weight is 195 g/mol. The Morgan fingerprint density at radius 1 is 1.38 bits per heavy atom. The van der Waals surface area contributed by atoms with Crippen molar-refractivity contribution >= 4 is 17.7 Å². The number of carbonyl (C=O) groups is 1. The smallest absolute Gasteiger partial charge is 0.217 e. The maximum atomic E-state index is 10.5. The lowest BCUT2D eigenvalue weighted by Gasteiger charge is -2.01. The van der Waals surface area contributed by atoms with Crippen LogP contribution in [0, 0.1) is 0 Å². The highest BCUT2D eigenvalue weighted by Gasteiger charge is 1.92. The van der Waals surface area contributed by atoms with Gasteiger partial charge < -0.3 is 5.32 Å². The molecule has 70 valence electrons. The molecule has 0 radical (unpaired) electrons. The molecule has 1 rings (SSSR count). The maximum Gasteiger partial charge on any atom is 0.217 e. The highest BCUT2D eigenvalue weighted by Crippen LogP contribution is 2.09. The summed E-state index contributed by atoms with van der Waals surface area (Å²) in [5, 5.41) is 2.74. The normalized spacial score (nSPS) is 9.62. The minimum atomic E-state index is 0.0283. The molecule has 0 unspecified atom stereocenters. The van der Waals surface area contributed by atoms with Crippen LogP contribution in [-0.2, 0) is 10.5 Å². The Hall–Kier alpha value is -0.960. The molecule has 0 bridgehead atoms. The number of rotatable bonds is 4. The molecule has 0 atom stereocenters. The number of amides is 1. The monoisotopic (exact) mass is 195 g/mol. The average Bonchev–Trinajstić information content (AvgIpc) is 2.14. The van der Waals surface area contributed by atoms with Gasteiger partial charge in [0.05, 0.1) is 5.88 Å². The number of carbonyl (C=O) groups excluding carboxylic acids is 1. The first-order valence-electron chi connectivity index (χ1n) is 4.15. The van der Waals surface area contributed by atoms with E-state index in [1.54, 1.807) is 11.8 Å². The summed E-state index contributed by atoms with van der Waals surface area (Å²) >= 11 is 1.70. The standard InChI is InChI=1S/C10H13NOS/c1-9(12)11-8-13-7-10-5-3-2-4-6-10/h2-6H,7-8H2,1H3,(H,11,12). The Morgan fingerprint density at radius 2 is 2.08 bits per heavy atom. The molecule has 2 nitrogen and oxygen atoms in total. The first-order valence-corrected chi connectivity index (χ1v) is 5.30. The second-order valence-electron chi connectivity index (χ2n) is 2.71. The maximum absolute atomic E-state index is 10.5. The molecule has 0 spiro atoms. The lowest BCUT2D eigenvalue weighted by molar-refractivity contribution is -0.118. The van der Waals surface area contributed by atoms with E-state index in [0.717, 1.165) is 5.75 Å². The first kappa shape index (κ1) is 10.1. The van der Waals surface area contributed by atoms with E-state index >= 15 is 0 Å². The third-order valence-corrected chi connectivity index (χ3v) is 2.42. The molecule has 1 aromatic carbocycles. The van der Waals surface area contributed by atoms with Gasteiger partial charge in [-0.1, -0.05) is 30.3 Å². The summed E-state index contributed by atoms with van der Waals surface area (Å²) in [6.45, 7) is 1.53. The van der Waals surface area contributed by atoms with E-state index in [1.807, 2.05) is 18.2 Å². The fourth-order valence-electron chi connectivity index (χ4n) is 0.896. The fourth-order valence-corrected chi connectivity index (χ4v) is 1.73. The Balaban J connectivity index is 2.17. The van der Waals surface area contributed by atoms with Gasteiger partial charge in [-0.3, -0.25) is 4.79 Å². The molecule has 0 saturated carbocycles. The van der Waals surface area contributed by atoms with Crippen LogP contribution in [0.2, 0.25) is 0 Å². The summed E-state index contributed by atoms with van der Waals surface area (Å²) in [5.41, 5.74) is 1.29. The summed E-state index contributed by atoms with van der Waals surface area (Å²) in [5.74, 6) is 1.66. The zero-order valence-electron chi connectivity index (χ0n) is 7.62. The van der Waals surface area contributed by atoms with Gasteiger partial charge in [0.1, 0.15) is 0 Å². The van der Waals surface area contributed by atoms with Crippen LogP contribution in [0.15, 0.2) is 30.3 Å². The molecule has 1 N–H and O–H groups in total. The minimum absolute atomic E-state index is 0.0283. The molecule has 0 saturated heterocycles. The van der Waals surface area contributed by atoms with Crippen LogP contribution < -0.4 is 5.32 Å². The van der Waals surface area contributed by atoms with Crippen molar-refractivity contribution in [2.75, 3.05) is 5.88 Å². The van der Waals surface area contributed by atoms with Crippen molar-refractivity contribution in [3.8, 4) is 0 Å². The SMILES string of the molecule is CC(=O)NCSCc1ccccc1. The van der Waals surface area contributed by atoms with E-state index in [9.17, 15) is 4.79 Å². The van der Waals surface area contributed by atoms with Crippen LogP contribution in [0.5, 0.6) is 0 Å². The van der Waals surface area contributed by atoms with Crippen LogP contribution in [-0.4, -0.2) is 11.8 Å². The van der Waals surface area contributed by atoms with Gasteiger partial charge in [0.15, 0.2) is 0 Å². The van der Waals surface area contributed by atoms with E-state index in [0.29, 0.717) is 5.88 Å². The van der Waals surface area contributed by atoms with E-state index in [4.69, 9.17) is 0 Å². The Kier molecular flexibility index (Phi) is 4.40. The number of thioether (sulfide) groups is 1. The molecule has 0 heterocycles. The van der Waals surface area contributed by atoms with Crippen LogP contribution in [0.1, 0.15) is 12.5 Å². The number of nitrogens with one attached hydrogen (secondary N) is 1. The van der Waals surface area contributed by atoms with Crippen molar-refractivity contribution in [1.82, 2.24) is 5.32 Å². The number of hydrogen-bond acceptors (Lipinski definition) is 2. The zero-order chi connectivity index (χ0) is 9.52. The van der Waals surface area contributed by atoms with Gasteiger partial charge in [0, 0.05) is 12.7 Å². The summed E-state index contributed by atoms with van der Waals surface area (Å²) in [7, 11) is 0. The van der Waals surface area contributed by atoms with E-state index in [1.165, 1.54) is 12.5 Å². The highest BCUT2D eigenvalue weighted by molar-refractivity contribution is 7.98. The molecular formula is C10H13NOS. The van der Waals surface area contributed by atoms with Crippen molar-refractivity contribution < 1.29 is 4.79 Å². The quantitative estimate of drug-likeness (QED) is 0.588. The second kappa shape index (κ2) is 5.65. The van der Waals surface area contributed by atoms with E-state index in [2.05, 4.69) is 17.4 Å². The predicted molar refractivity (Wildman–Crippen MR) is 56.4 cm³/mol. The second-order valence-corrected chi connectivity index (χ2v) is 3.70. The lowest BCUT2D eigenvalue weighted by atomic mass is 10.2. The van der Waals surface area contributed by atoms with Crippen molar-refractivity contribution in [3.05, 3.63) is 35.9 Å². The molecule has 13 heavy (non-hydrogen) atoms. The van der Waals surface area contributed by atoms with Crippen LogP contribution in [0.25, 0.3) is 0 Å². The van der Waals surface area contributed by atoms with Crippen molar-refractivity contribution in [3.63, 3.8) is 0 Å². The van der Waals surface area contributed by atoms with Gasteiger partial charge in [-0.25, -0.2) is 0 Å². The predicted octanol–water partition coefficient (Wildman–Crippen LogP) is 2.01. The van der Waals surface area contributed by atoms with Crippen molar-refractivity contribution in [1.29, 1.82) is 0 Å². The fraction of sp³-hybridized carbons (Fsp3) is 0.300. The highest BCUT2D eigenvalue weighted by atomic mass is 32.2. The Morgan fingerprint density at radius 3 is 2.69 bits per heavy atom. The molecular weight excluding hydrogens is 182 g/mol. The molecule has 0 aliphatic carbocycles. The molecule has 0 aliphatic heterocycles. The number of hydrogen-bond donors (Lipinski definition) is 1. The molecule has 0 aromatic heterocycles. The van der Waals surface area contributed by atoms with Crippen molar-refractivity contribution in [2.24, 2.45) is 0 Å². The van der Waals surface area contributed by atoms with Gasteiger partial charge in [-0.05, 0) is 5.56 Å². The third-order valence-electron chi connectivity index (χ3n) is 1.53. The van der Waals surface area contributed by atoms with E-state index in [-0.39, 0.29) is 5.91 Å².